The summed E-state index contributed by atoms with van der Waals surface area (Å²) in [4.78, 5) is 23.7. The molecule has 104 valence electrons. The highest BCUT2D eigenvalue weighted by molar-refractivity contribution is 5.94. The summed E-state index contributed by atoms with van der Waals surface area (Å²) in [7, 11) is 1.66. The smallest absolute Gasteiger partial charge is 0.329 e. The van der Waals surface area contributed by atoms with Crippen molar-refractivity contribution in [3.63, 3.8) is 0 Å². The predicted molar refractivity (Wildman–Crippen MR) is 72.4 cm³/mol. The number of carbonyl (C=O) groups is 2. The minimum absolute atomic E-state index is 0.241. The molecule has 1 rings (SSSR count). The maximum absolute atomic E-state index is 11.9. The van der Waals surface area contributed by atoms with Gasteiger partial charge in [-0.3, -0.25) is 4.79 Å². The summed E-state index contributed by atoms with van der Waals surface area (Å²) >= 11 is 0. The quantitative estimate of drug-likeness (QED) is 0.852. The van der Waals surface area contributed by atoms with Crippen molar-refractivity contribution in [2.75, 3.05) is 25.2 Å². The lowest BCUT2D eigenvalue weighted by Crippen LogP contribution is -2.31. The van der Waals surface area contributed by atoms with Crippen molar-refractivity contribution >= 4 is 17.6 Å². The van der Waals surface area contributed by atoms with Crippen molar-refractivity contribution < 1.29 is 19.4 Å². The lowest BCUT2D eigenvalue weighted by molar-refractivity contribution is -0.143. The first-order valence-corrected chi connectivity index (χ1v) is 6.08. The second kappa shape index (κ2) is 6.89. The van der Waals surface area contributed by atoms with Gasteiger partial charge in [-0.25, -0.2) is 4.79 Å². The summed E-state index contributed by atoms with van der Waals surface area (Å²) < 4.78 is 4.81. The van der Waals surface area contributed by atoms with Crippen LogP contribution in [0.1, 0.15) is 25.3 Å². The first kappa shape index (κ1) is 15.2. The molecular weight excluding hydrogens is 246 g/mol. The molecule has 0 aliphatic carbocycles. The lowest BCUT2D eigenvalue weighted by atomic mass is 10.0. The Hall–Kier alpha value is -1.88. The molecule has 1 N–H and O–H groups in total. The molecule has 19 heavy (non-hydrogen) atoms. The van der Waals surface area contributed by atoms with E-state index in [1.807, 2.05) is 24.3 Å². The molecule has 5 nitrogen and oxygen atoms in total. The third-order valence-electron chi connectivity index (χ3n) is 2.75. The SMILES string of the molecule is CC(C)c1ccccc1N(C)C(=O)COCC(=O)O. The number of carbonyl (C=O) groups excluding carboxylic acids is 1. The number of aliphatic carboxylic acids is 1. The van der Waals surface area contributed by atoms with Crippen LogP contribution in [0.25, 0.3) is 0 Å². The topological polar surface area (TPSA) is 66.8 Å². The van der Waals surface area contributed by atoms with E-state index in [0.29, 0.717) is 5.92 Å². The van der Waals surface area contributed by atoms with Crippen LogP contribution in [0.3, 0.4) is 0 Å². The van der Waals surface area contributed by atoms with Gasteiger partial charge in [0, 0.05) is 12.7 Å². The normalized spacial score (nSPS) is 10.5. The van der Waals surface area contributed by atoms with Gasteiger partial charge < -0.3 is 14.7 Å². The van der Waals surface area contributed by atoms with Gasteiger partial charge in [-0.05, 0) is 17.5 Å². The zero-order valence-corrected chi connectivity index (χ0v) is 11.4. The maximum Gasteiger partial charge on any atom is 0.329 e. The van der Waals surface area contributed by atoms with Crippen molar-refractivity contribution in [2.45, 2.75) is 19.8 Å². The van der Waals surface area contributed by atoms with Gasteiger partial charge in [0.25, 0.3) is 5.91 Å². The highest BCUT2D eigenvalue weighted by Crippen LogP contribution is 2.26. The van der Waals surface area contributed by atoms with Gasteiger partial charge in [-0.1, -0.05) is 32.0 Å². The summed E-state index contributed by atoms with van der Waals surface area (Å²) in [5.74, 6) is -1.06. The highest BCUT2D eigenvalue weighted by Gasteiger charge is 2.16. The minimum Gasteiger partial charge on any atom is -0.480 e. The molecule has 0 aliphatic rings. The van der Waals surface area contributed by atoms with Crippen LogP contribution in [0.15, 0.2) is 24.3 Å². The van der Waals surface area contributed by atoms with Crippen LogP contribution < -0.4 is 4.90 Å². The first-order valence-electron chi connectivity index (χ1n) is 6.08. The molecule has 1 aromatic rings. The molecule has 0 spiro atoms. The Morgan fingerprint density at radius 2 is 1.89 bits per heavy atom. The number of hydrogen-bond donors (Lipinski definition) is 1. The zero-order valence-electron chi connectivity index (χ0n) is 11.4. The largest absolute Gasteiger partial charge is 0.480 e. The van der Waals surface area contributed by atoms with Crippen LogP contribution in [0.4, 0.5) is 5.69 Å². The lowest BCUT2D eigenvalue weighted by Gasteiger charge is -2.22. The van der Waals surface area contributed by atoms with E-state index in [0.717, 1.165) is 11.3 Å². The van der Waals surface area contributed by atoms with Crippen molar-refractivity contribution in [1.29, 1.82) is 0 Å². The predicted octanol–water partition coefficient (Wildman–Crippen LogP) is 1.87. The van der Waals surface area contributed by atoms with Gasteiger partial charge in [-0.15, -0.1) is 0 Å². The van der Waals surface area contributed by atoms with Gasteiger partial charge in [0.05, 0.1) is 0 Å². The van der Waals surface area contributed by atoms with Gasteiger partial charge >= 0.3 is 5.97 Å². The van der Waals surface area contributed by atoms with Gasteiger partial charge in [0.15, 0.2) is 0 Å². The molecule has 0 radical (unpaired) electrons. The Balaban J connectivity index is 2.74. The van der Waals surface area contributed by atoms with Crippen LogP contribution in [0.5, 0.6) is 0 Å². The summed E-state index contributed by atoms with van der Waals surface area (Å²) in [6.45, 7) is 3.40. The molecule has 0 fully saturated rings. The number of para-hydroxylation sites is 1. The number of anilines is 1. The minimum atomic E-state index is -1.09. The summed E-state index contributed by atoms with van der Waals surface area (Å²) in [6, 6.07) is 7.63. The van der Waals surface area contributed by atoms with Crippen LogP contribution >= 0.6 is 0 Å². The van der Waals surface area contributed by atoms with E-state index in [1.54, 1.807) is 7.05 Å². The standard InChI is InChI=1S/C14H19NO4/c1-10(2)11-6-4-5-7-12(11)15(3)13(16)8-19-9-14(17)18/h4-7,10H,8-9H2,1-3H3,(H,17,18). The number of likely N-dealkylation sites (N-methyl/N-ethyl adjacent to an activating group) is 1. The number of carboxylic acid groups (broad SMARTS) is 1. The fourth-order valence-electron chi connectivity index (χ4n) is 1.74. The average Bonchev–Trinajstić information content (AvgIpc) is 2.37. The van der Waals surface area contributed by atoms with E-state index in [9.17, 15) is 9.59 Å². The van der Waals surface area contributed by atoms with Crippen LogP contribution in [-0.4, -0.2) is 37.2 Å². The molecule has 0 bridgehead atoms. The molecule has 0 heterocycles. The second-order valence-electron chi connectivity index (χ2n) is 4.55. The van der Waals surface area contributed by atoms with E-state index < -0.39 is 12.6 Å². The number of nitrogens with zero attached hydrogens (tertiary/aromatic N) is 1. The molecule has 0 aliphatic heterocycles. The second-order valence-corrected chi connectivity index (χ2v) is 4.55. The fourth-order valence-corrected chi connectivity index (χ4v) is 1.74. The molecule has 0 aromatic heterocycles. The fraction of sp³-hybridized carbons (Fsp3) is 0.429. The van der Waals surface area contributed by atoms with Crippen LogP contribution in [0, 0.1) is 0 Å². The number of rotatable bonds is 6. The zero-order chi connectivity index (χ0) is 14.4. The van der Waals surface area contributed by atoms with E-state index in [-0.39, 0.29) is 12.5 Å². The third kappa shape index (κ3) is 4.37. The van der Waals surface area contributed by atoms with Gasteiger partial charge in [-0.2, -0.15) is 0 Å². The molecule has 5 heteroatoms. The average molecular weight is 265 g/mol. The van der Waals surface area contributed by atoms with Crippen LogP contribution in [0.2, 0.25) is 0 Å². The van der Waals surface area contributed by atoms with Crippen molar-refractivity contribution in [3.05, 3.63) is 29.8 Å². The van der Waals surface area contributed by atoms with Crippen molar-refractivity contribution in [2.24, 2.45) is 0 Å². The number of amides is 1. The van der Waals surface area contributed by atoms with E-state index >= 15 is 0 Å². The number of benzene rings is 1. The Morgan fingerprint density at radius 3 is 2.47 bits per heavy atom. The molecule has 1 amide bonds. The summed E-state index contributed by atoms with van der Waals surface area (Å²) in [6.07, 6.45) is 0. The number of ether oxygens (including phenoxy) is 1. The summed E-state index contributed by atoms with van der Waals surface area (Å²) in [5, 5.41) is 8.45. The van der Waals surface area contributed by atoms with E-state index in [1.165, 1.54) is 4.90 Å². The van der Waals surface area contributed by atoms with Gasteiger partial charge in [0.2, 0.25) is 0 Å². The molecule has 0 saturated carbocycles. The Bertz CT molecular complexity index is 457. The molecule has 0 unspecified atom stereocenters. The monoisotopic (exact) mass is 265 g/mol. The Labute approximate surface area is 112 Å². The molecule has 0 saturated heterocycles. The molecule has 1 aromatic carbocycles. The summed E-state index contributed by atoms with van der Waals surface area (Å²) in [5.41, 5.74) is 1.89. The van der Waals surface area contributed by atoms with Crippen molar-refractivity contribution in [3.8, 4) is 0 Å². The third-order valence-corrected chi connectivity index (χ3v) is 2.75. The van der Waals surface area contributed by atoms with Crippen molar-refractivity contribution in [1.82, 2.24) is 0 Å². The van der Waals surface area contributed by atoms with Gasteiger partial charge in [0.1, 0.15) is 13.2 Å². The van der Waals surface area contributed by atoms with Crippen LogP contribution in [-0.2, 0) is 14.3 Å². The number of hydrogen-bond acceptors (Lipinski definition) is 3. The van der Waals surface area contributed by atoms with E-state index in [4.69, 9.17) is 9.84 Å². The molecular formula is C14H19NO4. The Kier molecular flexibility index (Phi) is 5.51. The number of carboxylic acids is 1. The maximum atomic E-state index is 11.9. The Morgan fingerprint density at radius 1 is 1.26 bits per heavy atom. The van der Waals surface area contributed by atoms with E-state index in [2.05, 4.69) is 13.8 Å². The highest BCUT2D eigenvalue weighted by atomic mass is 16.5. The molecule has 0 atom stereocenters. The first-order chi connectivity index (χ1) is 8.93.